The first-order valence-electron chi connectivity index (χ1n) is 10.0. The summed E-state index contributed by atoms with van der Waals surface area (Å²) in [6.07, 6.45) is 7.50. The van der Waals surface area contributed by atoms with Gasteiger partial charge in [-0.1, -0.05) is 43.0 Å². The maximum atomic E-state index is 13.2. The Morgan fingerprint density at radius 2 is 1.90 bits per heavy atom. The van der Waals surface area contributed by atoms with Gasteiger partial charge in [-0.25, -0.2) is 9.97 Å². The quantitative estimate of drug-likeness (QED) is 0.691. The van der Waals surface area contributed by atoms with Crippen molar-refractivity contribution in [2.75, 3.05) is 6.54 Å². The summed E-state index contributed by atoms with van der Waals surface area (Å²) in [6, 6.07) is 11.1. The third-order valence-electron chi connectivity index (χ3n) is 5.42. The fraction of sp³-hybridized carbons (Fsp3) is 0.364. The van der Waals surface area contributed by atoms with Crippen LogP contribution in [0.5, 0.6) is 0 Å². The topological polar surface area (TPSA) is 76.9 Å². The van der Waals surface area contributed by atoms with Gasteiger partial charge in [0.1, 0.15) is 5.52 Å². The van der Waals surface area contributed by atoms with Crippen molar-refractivity contribution in [1.82, 2.24) is 19.9 Å². The van der Waals surface area contributed by atoms with Crippen LogP contribution in [0.3, 0.4) is 0 Å². The van der Waals surface area contributed by atoms with Crippen molar-refractivity contribution in [2.45, 2.75) is 44.6 Å². The van der Waals surface area contributed by atoms with E-state index >= 15 is 0 Å². The van der Waals surface area contributed by atoms with E-state index in [0.717, 1.165) is 31.2 Å². The van der Waals surface area contributed by atoms with E-state index in [9.17, 15) is 9.59 Å². The van der Waals surface area contributed by atoms with E-state index in [1.54, 1.807) is 22.9 Å². The van der Waals surface area contributed by atoms with Crippen LogP contribution in [0.2, 0.25) is 5.02 Å². The van der Waals surface area contributed by atoms with Crippen LogP contribution in [-0.4, -0.2) is 27.0 Å². The van der Waals surface area contributed by atoms with E-state index in [1.807, 2.05) is 24.3 Å². The molecular formula is C22H23ClN4O2. The lowest BCUT2D eigenvalue weighted by Crippen LogP contribution is -2.37. The summed E-state index contributed by atoms with van der Waals surface area (Å²) in [6.45, 7) is 0.413. The minimum atomic E-state index is -0.445. The fourth-order valence-corrected chi connectivity index (χ4v) is 4.05. The first kappa shape index (κ1) is 19.6. The zero-order valence-corrected chi connectivity index (χ0v) is 16.9. The van der Waals surface area contributed by atoms with Crippen molar-refractivity contribution in [1.29, 1.82) is 0 Å². The van der Waals surface area contributed by atoms with Gasteiger partial charge in [0.15, 0.2) is 11.3 Å². The van der Waals surface area contributed by atoms with Gasteiger partial charge in [-0.3, -0.25) is 14.2 Å². The number of carbonyl (C=O) groups excluding carboxylic acids is 1. The average Bonchev–Trinajstić information content (AvgIpc) is 2.75. The molecule has 1 saturated carbocycles. The van der Waals surface area contributed by atoms with Crippen molar-refractivity contribution >= 4 is 28.7 Å². The Balaban J connectivity index is 1.59. The van der Waals surface area contributed by atoms with Gasteiger partial charge >= 0.3 is 0 Å². The minimum Gasteiger partial charge on any atom is -0.350 e. The second kappa shape index (κ2) is 8.74. The first-order valence-corrected chi connectivity index (χ1v) is 10.4. The Labute approximate surface area is 173 Å². The van der Waals surface area contributed by atoms with E-state index < -0.39 is 5.91 Å². The number of hydrogen-bond donors (Lipinski definition) is 1. The fourth-order valence-electron chi connectivity index (χ4n) is 3.92. The molecule has 0 radical (unpaired) electrons. The van der Waals surface area contributed by atoms with Crippen LogP contribution in [0.4, 0.5) is 0 Å². The maximum absolute atomic E-state index is 13.2. The van der Waals surface area contributed by atoms with Gasteiger partial charge in [0.25, 0.3) is 11.5 Å². The number of pyridine rings is 1. The van der Waals surface area contributed by atoms with E-state index in [-0.39, 0.29) is 17.3 Å². The highest BCUT2D eigenvalue weighted by Crippen LogP contribution is 2.28. The molecule has 0 unspecified atom stereocenters. The molecule has 0 bridgehead atoms. The van der Waals surface area contributed by atoms with Crippen molar-refractivity contribution < 1.29 is 4.79 Å². The number of rotatable bonds is 5. The van der Waals surface area contributed by atoms with E-state index in [0.29, 0.717) is 29.2 Å². The second-order valence-electron chi connectivity index (χ2n) is 7.41. The Bertz CT molecular complexity index is 1070. The number of nitrogens with zero attached hydrogens (tertiary/aromatic N) is 3. The number of aromatic nitrogens is 3. The molecule has 1 amide bonds. The monoisotopic (exact) mass is 410 g/mol. The summed E-state index contributed by atoms with van der Waals surface area (Å²) < 4.78 is 1.69. The third-order valence-corrected chi connectivity index (χ3v) is 5.67. The number of carbonyl (C=O) groups is 1. The summed E-state index contributed by atoms with van der Waals surface area (Å²) in [5.74, 6) is -0.445. The molecule has 0 aliphatic heterocycles. The first-order chi connectivity index (χ1) is 14.1. The summed E-state index contributed by atoms with van der Waals surface area (Å²) in [7, 11) is 0. The van der Waals surface area contributed by atoms with Crippen LogP contribution in [0.1, 0.15) is 54.2 Å². The lowest BCUT2D eigenvalue weighted by Gasteiger charge is -2.25. The molecule has 1 aliphatic rings. The Kier molecular flexibility index (Phi) is 5.90. The SMILES string of the molecule is O=C(NCCc1ccc(Cl)cc1)c1nc2cccnc2n(C2CCCCC2)c1=O. The predicted molar refractivity (Wildman–Crippen MR) is 113 cm³/mol. The molecule has 0 saturated heterocycles. The Hall–Kier alpha value is -2.73. The van der Waals surface area contributed by atoms with Crippen molar-refractivity contribution in [2.24, 2.45) is 0 Å². The van der Waals surface area contributed by atoms with Gasteiger partial charge in [-0.15, -0.1) is 0 Å². The van der Waals surface area contributed by atoms with Crippen LogP contribution in [-0.2, 0) is 6.42 Å². The lowest BCUT2D eigenvalue weighted by atomic mass is 9.95. The van der Waals surface area contributed by atoms with E-state index in [1.165, 1.54) is 6.42 Å². The van der Waals surface area contributed by atoms with Crippen molar-refractivity contribution in [3.8, 4) is 0 Å². The summed E-state index contributed by atoms with van der Waals surface area (Å²) in [4.78, 5) is 34.7. The second-order valence-corrected chi connectivity index (χ2v) is 7.84. The molecule has 0 spiro atoms. The number of benzene rings is 1. The number of fused-ring (bicyclic) bond motifs is 1. The lowest BCUT2D eigenvalue weighted by molar-refractivity contribution is 0.0947. The molecule has 29 heavy (non-hydrogen) atoms. The van der Waals surface area contributed by atoms with Gasteiger partial charge in [0.05, 0.1) is 0 Å². The van der Waals surface area contributed by atoms with Gasteiger partial charge in [-0.2, -0.15) is 0 Å². The molecular weight excluding hydrogens is 388 g/mol. The van der Waals surface area contributed by atoms with Crippen LogP contribution in [0.15, 0.2) is 47.4 Å². The molecule has 2 heterocycles. The van der Waals surface area contributed by atoms with Crippen LogP contribution < -0.4 is 10.9 Å². The van der Waals surface area contributed by atoms with Gasteiger partial charge in [0, 0.05) is 23.8 Å². The molecule has 2 aromatic heterocycles. The average molecular weight is 411 g/mol. The maximum Gasteiger partial charge on any atom is 0.284 e. The highest BCUT2D eigenvalue weighted by atomic mass is 35.5. The molecule has 1 N–H and O–H groups in total. The highest BCUT2D eigenvalue weighted by Gasteiger charge is 2.24. The van der Waals surface area contributed by atoms with Crippen molar-refractivity contribution in [3.05, 3.63) is 69.2 Å². The zero-order chi connectivity index (χ0) is 20.2. The molecule has 3 aromatic rings. The summed E-state index contributed by atoms with van der Waals surface area (Å²) in [5, 5.41) is 3.51. The molecule has 150 valence electrons. The molecule has 1 aromatic carbocycles. The van der Waals surface area contributed by atoms with E-state index in [4.69, 9.17) is 11.6 Å². The Morgan fingerprint density at radius 3 is 2.66 bits per heavy atom. The summed E-state index contributed by atoms with van der Waals surface area (Å²) in [5.41, 5.74) is 1.77. The van der Waals surface area contributed by atoms with E-state index in [2.05, 4.69) is 15.3 Å². The number of amides is 1. The van der Waals surface area contributed by atoms with Gasteiger partial charge < -0.3 is 5.32 Å². The molecule has 0 atom stereocenters. The summed E-state index contributed by atoms with van der Waals surface area (Å²) >= 11 is 5.90. The zero-order valence-electron chi connectivity index (χ0n) is 16.1. The van der Waals surface area contributed by atoms with Gasteiger partial charge in [0.2, 0.25) is 0 Å². The third kappa shape index (κ3) is 4.32. The number of nitrogens with one attached hydrogen (secondary N) is 1. The highest BCUT2D eigenvalue weighted by molar-refractivity contribution is 6.30. The smallest absolute Gasteiger partial charge is 0.284 e. The molecule has 4 rings (SSSR count). The Morgan fingerprint density at radius 1 is 1.14 bits per heavy atom. The molecule has 7 heteroatoms. The minimum absolute atomic E-state index is 0.0628. The normalized spacial score (nSPS) is 14.8. The number of hydrogen-bond acceptors (Lipinski definition) is 4. The molecule has 6 nitrogen and oxygen atoms in total. The largest absolute Gasteiger partial charge is 0.350 e. The van der Waals surface area contributed by atoms with Crippen LogP contribution in [0.25, 0.3) is 11.2 Å². The van der Waals surface area contributed by atoms with Crippen LogP contribution >= 0.6 is 11.6 Å². The molecule has 1 fully saturated rings. The number of halogens is 1. The molecule has 1 aliphatic carbocycles. The van der Waals surface area contributed by atoms with Crippen LogP contribution in [0, 0.1) is 0 Å². The van der Waals surface area contributed by atoms with Gasteiger partial charge in [-0.05, 0) is 49.1 Å². The van der Waals surface area contributed by atoms with Crippen molar-refractivity contribution in [3.63, 3.8) is 0 Å². The predicted octanol–water partition coefficient (Wildman–Crippen LogP) is 3.92. The standard InChI is InChI=1S/C22H23ClN4O2/c23-16-10-8-15(9-11-16)12-14-25-21(28)19-22(29)27(17-5-2-1-3-6-17)20-18(26-19)7-4-13-24-20/h4,7-11,13,17H,1-3,5-6,12,14H2,(H,25,28).